The third kappa shape index (κ3) is 3.97. The van der Waals surface area contributed by atoms with Gasteiger partial charge < -0.3 is 14.2 Å². The number of aromatic nitrogens is 2. The predicted molar refractivity (Wildman–Crippen MR) is 120 cm³/mol. The number of imidazole rings is 1. The summed E-state index contributed by atoms with van der Waals surface area (Å²) in [5, 5.41) is 0. The maximum atomic E-state index is 12.4. The fourth-order valence-corrected chi connectivity index (χ4v) is 4.34. The second-order valence-electron chi connectivity index (χ2n) is 8.02. The van der Waals surface area contributed by atoms with E-state index in [2.05, 4.69) is 49.3 Å². The first-order chi connectivity index (χ1) is 14.6. The second-order valence-corrected chi connectivity index (χ2v) is 8.02. The summed E-state index contributed by atoms with van der Waals surface area (Å²) >= 11 is 0. The summed E-state index contributed by atoms with van der Waals surface area (Å²) in [4.78, 5) is 19.1. The molecule has 0 bridgehead atoms. The summed E-state index contributed by atoms with van der Waals surface area (Å²) in [6.07, 6.45) is 3.17. The van der Waals surface area contributed by atoms with Gasteiger partial charge in [0.15, 0.2) is 0 Å². The molecule has 2 aromatic carbocycles. The minimum atomic E-state index is 0.115. The molecule has 0 spiro atoms. The van der Waals surface area contributed by atoms with Gasteiger partial charge in [-0.2, -0.15) is 0 Å². The summed E-state index contributed by atoms with van der Waals surface area (Å²) in [5.41, 5.74) is 4.43. The van der Waals surface area contributed by atoms with E-state index in [4.69, 9.17) is 9.72 Å². The molecule has 1 atom stereocenters. The van der Waals surface area contributed by atoms with Gasteiger partial charge in [-0.25, -0.2) is 4.98 Å². The highest BCUT2D eigenvalue weighted by Crippen LogP contribution is 2.30. The first-order valence-electron chi connectivity index (χ1n) is 10.6. The zero-order valence-corrected chi connectivity index (χ0v) is 17.8. The van der Waals surface area contributed by atoms with Gasteiger partial charge in [0.25, 0.3) is 0 Å². The first kappa shape index (κ1) is 20.2. The number of hydrogen-bond acceptors (Lipinski definition) is 3. The molecule has 1 aliphatic rings. The van der Waals surface area contributed by atoms with Crippen molar-refractivity contribution in [3.8, 4) is 5.75 Å². The molecule has 0 radical (unpaired) electrons. The van der Waals surface area contributed by atoms with E-state index in [1.165, 1.54) is 0 Å². The lowest BCUT2D eigenvalue weighted by Crippen LogP contribution is -2.25. The number of likely N-dealkylation sites (tertiary alicyclic amines) is 1. The number of nitrogens with zero attached hydrogens (tertiary/aromatic N) is 3. The average molecular weight is 404 g/mol. The van der Waals surface area contributed by atoms with Gasteiger partial charge in [0.2, 0.25) is 5.91 Å². The van der Waals surface area contributed by atoms with Crippen LogP contribution in [0, 0.1) is 13.8 Å². The molecule has 3 aromatic rings. The SMILES string of the molecule is C=CCN1CC(c2nc3ccccc3n2CCCOc2c(C)cccc2C)CC1=O. The number of benzene rings is 2. The number of rotatable bonds is 8. The van der Waals surface area contributed by atoms with Crippen molar-refractivity contribution < 1.29 is 9.53 Å². The lowest BCUT2D eigenvalue weighted by atomic mass is 10.1. The van der Waals surface area contributed by atoms with Crippen LogP contribution in [-0.2, 0) is 11.3 Å². The Morgan fingerprint density at radius 2 is 1.93 bits per heavy atom. The van der Waals surface area contributed by atoms with Gasteiger partial charge in [-0.05, 0) is 43.5 Å². The fraction of sp³-hybridized carbons (Fsp3) is 0.360. The van der Waals surface area contributed by atoms with Crippen LogP contribution in [0.15, 0.2) is 55.1 Å². The first-order valence-corrected chi connectivity index (χ1v) is 10.6. The lowest BCUT2D eigenvalue weighted by Gasteiger charge is -2.16. The Morgan fingerprint density at radius 1 is 1.17 bits per heavy atom. The minimum Gasteiger partial charge on any atom is -0.493 e. The van der Waals surface area contributed by atoms with E-state index in [9.17, 15) is 4.79 Å². The summed E-state index contributed by atoms with van der Waals surface area (Å²) < 4.78 is 8.38. The molecule has 30 heavy (non-hydrogen) atoms. The zero-order valence-electron chi connectivity index (χ0n) is 17.8. The van der Waals surface area contributed by atoms with E-state index in [0.717, 1.165) is 46.7 Å². The minimum absolute atomic E-state index is 0.115. The topological polar surface area (TPSA) is 47.4 Å². The summed E-state index contributed by atoms with van der Waals surface area (Å²) in [6.45, 7) is 10.7. The molecule has 4 rings (SSSR count). The van der Waals surface area contributed by atoms with Crippen LogP contribution in [0.4, 0.5) is 0 Å². The number of aryl methyl sites for hydroxylation is 3. The van der Waals surface area contributed by atoms with Crippen molar-refractivity contribution in [1.82, 2.24) is 14.5 Å². The number of para-hydroxylation sites is 3. The Morgan fingerprint density at radius 3 is 2.70 bits per heavy atom. The molecule has 5 heteroatoms. The van der Waals surface area contributed by atoms with Crippen LogP contribution in [0.25, 0.3) is 11.0 Å². The van der Waals surface area contributed by atoms with Gasteiger partial charge in [0, 0.05) is 32.0 Å². The number of carbonyl (C=O) groups is 1. The van der Waals surface area contributed by atoms with Gasteiger partial charge in [0.05, 0.1) is 17.6 Å². The highest BCUT2D eigenvalue weighted by molar-refractivity contribution is 5.81. The smallest absolute Gasteiger partial charge is 0.223 e. The van der Waals surface area contributed by atoms with Crippen molar-refractivity contribution in [2.45, 2.75) is 39.2 Å². The summed E-state index contributed by atoms with van der Waals surface area (Å²) in [5.74, 6) is 2.28. The van der Waals surface area contributed by atoms with Crippen LogP contribution in [0.5, 0.6) is 5.75 Å². The summed E-state index contributed by atoms with van der Waals surface area (Å²) in [7, 11) is 0. The molecule has 5 nitrogen and oxygen atoms in total. The number of ether oxygens (including phenoxy) is 1. The van der Waals surface area contributed by atoms with Crippen molar-refractivity contribution in [2.75, 3.05) is 19.7 Å². The van der Waals surface area contributed by atoms with Crippen molar-refractivity contribution in [3.05, 3.63) is 72.1 Å². The molecular formula is C25H29N3O2. The Labute approximate surface area is 178 Å². The van der Waals surface area contributed by atoms with Crippen molar-refractivity contribution in [1.29, 1.82) is 0 Å². The molecule has 1 aliphatic heterocycles. The Bertz CT molecular complexity index is 1050. The standard InChI is InChI=1S/C25H29N3O2/c1-4-13-27-17-20(16-23(27)29)25-26-21-11-5-6-12-22(21)28(25)14-8-15-30-24-18(2)9-7-10-19(24)3/h4-7,9-12,20H,1,8,13-17H2,2-3H3. The highest BCUT2D eigenvalue weighted by atomic mass is 16.5. The lowest BCUT2D eigenvalue weighted by molar-refractivity contribution is -0.127. The monoisotopic (exact) mass is 403 g/mol. The van der Waals surface area contributed by atoms with Crippen molar-refractivity contribution >= 4 is 16.9 Å². The molecule has 2 heterocycles. The average Bonchev–Trinajstić information content (AvgIpc) is 3.28. The van der Waals surface area contributed by atoms with Crippen LogP contribution in [0.3, 0.4) is 0 Å². The van der Waals surface area contributed by atoms with E-state index in [0.29, 0.717) is 26.1 Å². The Kier molecular flexibility index (Phi) is 5.88. The molecule has 1 amide bonds. The van der Waals surface area contributed by atoms with E-state index in [-0.39, 0.29) is 11.8 Å². The largest absolute Gasteiger partial charge is 0.493 e. The van der Waals surface area contributed by atoms with Gasteiger partial charge in [-0.1, -0.05) is 36.4 Å². The third-order valence-electron chi connectivity index (χ3n) is 5.79. The van der Waals surface area contributed by atoms with Crippen LogP contribution < -0.4 is 4.74 Å². The fourth-order valence-electron chi connectivity index (χ4n) is 4.34. The normalized spacial score (nSPS) is 16.4. The molecule has 0 saturated carbocycles. The number of hydrogen-bond donors (Lipinski definition) is 0. The molecule has 156 valence electrons. The maximum absolute atomic E-state index is 12.4. The molecule has 1 fully saturated rings. The molecule has 0 N–H and O–H groups in total. The van der Waals surface area contributed by atoms with Gasteiger partial charge in [-0.15, -0.1) is 6.58 Å². The van der Waals surface area contributed by atoms with Gasteiger partial charge in [-0.3, -0.25) is 4.79 Å². The summed E-state index contributed by atoms with van der Waals surface area (Å²) in [6, 6.07) is 14.4. The Hall–Kier alpha value is -3.08. The van der Waals surface area contributed by atoms with E-state index in [1.807, 2.05) is 23.1 Å². The number of carbonyl (C=O) groups excluding carboxylic acids is 1. The quantitative estimate of drug-likeness (QED) is 0.407. The molecule has 1 saturated heterocycles. The second kappa shape index (κ2) is 8.74. The van der Waals surface area contributed by atoms with Crippen LogP contribution in [0.1, 0.15) is 35.7 Å². The van der Waals surface area contributed by atoms with Crippen LogP contribution in [-0.4, -0.2) is 40.1 Å². The molecule has 0 aliphatic carbocycles. The predicted octanol–water partition coefficient (Wildman–Crippen LogP) is 4.62. The highest BCUT2D eigenvalue weighted by Gasteiger charge is 2.33. The zero-order chi connectivity index (χ0) is 21.1. The molecular weight excluding hydrogens is 374 g/mol. The van der Waals surface area contributed by atoms with Crippen LogP contribution in [0.2, 0.25) is 0 Å². The van der Waals surface area contributed by atoms with Gasteiger partial charge >= 0.3 is 0 Å². The van der Waals surface area contributed by atoms with E-state index < -0.39 is 0 Å². The molecule has 1 unspecified atom stereocenters. The number of fused-ring (bicyclic) bond motifs is 1. The number of amides is 1. The third-order valence-corrected chi connectivity index (χ3v) is 5.79. The van der Waals surface area contributed by atoms with Crippen molar-refractivity contribution in [3.63, 3.8) is 0 Å². The van der Waals surface area contributed by atoms with Crippen molar-refractivity contribution in [2.24, 2.45) is 0 Å². The molecule has 1 aromatic heterocycles. The van der Waals surface area contributed by atoms with E-state index >= 15 is 0 Å². The Balaban J connectivity index is 1.51. The maximum Gasteiger partial charge on any atom is 0.223 e. The van der Waals surface area contributed by atoms with Gasteiger partial charge in [0.1, 0.15) is 11.6 Å². The van der Waals surface area contributed by atoms with E-state index in [1.54, 1.807) is 6.08 Å². The van der Waals surface area contributed by atoms with Crippen LogP contribution >= 0.6 is 0 Å².